The van der Waals surface area contributed by atoms with E-state index in [0.29, 0.717) is 12.2 Å². The van der Waals surface area contributed by atoms with Gasteiger partial charge in [0, 0.05) is 49.2 Å². The predicted molar refractivity (Wildman–Crippen MR) is 113 cm³/mol. The van der Waals surface area contributed by atoms with Gasteiger partial charge in [0.05, 0.1) is 17.5 Å². The summed E-state index contributed by atoms with van der Waals surface area (Å²) in [6.45, 7) is 4.51. The first-order valence-electron chi connectivity index (χ1n) is 9.60. The summed E-state index contributed by atoms with van der Waals surface area (Å²) >= 11 is 0. The van der Waals surface area contributed by atoms with Crippen LogP contribution in [0.15, 0.2) is 67.4 Å². The summed E-state index contributed by atoms with van der Waals surface area (Å²) in [5.41, 5.74) is 4.22. The van der Waals surface area contributed by atoms with E-state index < -0.39 is 0 Å². The number of amides is 1. The maximum atomic E-state index is 12.9. The zero-order chi connectivity index (χ0) is 20.4. The van der Waals surface area contributed by atoms with E-state index in [2.05, 4.69) is 21.0 Å². The van der Waals surface area contributed by atoms with Gasteiger partial charge in [0.1, 0.15) is 5.69 Å². The van der Waals surface area contributed by atoms with Gasteiger partial charge in [-0.3, -0.25) is 14.8 Å². The highest BCUT2D eigenvalue weighted by molar-refractivity contribution is 5.92. The number of nitrogens with zero attached hydrogens (tertiary/aromatic N) is 5. The van der Waals surface area contributed by atoms with Crippen LogP contribution in [0.2, 0.25) is 0 Å². The number of pyridine rings is 2. The molecule has 4 aromatic rings. The SMILES string of the molecule is CC(C)N(Cc1ccnc(-c2cnc3ccccc3c2)c1)C(=O)c1cn(C)cn1. The number of aromatic nitrogens is 4. The minimum atomic E-state index is -0.0775. The van der Waals surface area contributed by atoms with E-state index >= 15 is 0 Å². The molecule has 0 aliphatic heterocycles. The van der Waals surface area contributed by atoms with Crippen molar-refractivity contribution in [2.24, 2.45) is 7.05 Å². The smallest absolute Gasteiger partial charge is 0.274 e. The van der Waals surface area contributed by atoms with Crippen LogP contribution in [0.5, 0.6) is 0 Å². The average molecular weight is 385 g/mol. The van der Waals surface area contributed by atoms with Gasteiger partial charge in [0.2, 0.25) is 0 Å². The van der Waals surface area contributed by atoms with Crippen LogP contribution in [0.4, 0.5) is 0 Å². The van der Waals surface area contributed by atoms with Crippen molar-refractivity contribution >= 4 is 16.8 Å². The van der Waals surface area contributed by atoms with Crippen LogP contribution in [-0.2, 0) is 13.6 Å². The monoisotopic (exact) mass is 385 g/mol. The topological polar surface area (TPSA) is 63.9 Å². The van der Waals surface area contributed by atoms with E-state index in [-0.39, 0.29) is 11.9 Å². The predicted octanol–water partition coefficient (Wildman–Crippen LogP) is 4.08. The van der Waals surface area contributed by atoms with Crippen LogP contribution in [0.1, 0.15) is 29.9 Å². The van der Waals surface area contributed by atoms with Crippen LogP contribution in [0.3, 0.4) is 0 Å². The second-order valence-corrected chi connectivity index (χ2v) is 7.42. The molecule has 0 bridgehead atoms. The minimum Gasteiger partial charge on any atom is -0.340 e. The molecule has 1 aromatic carbocycles. The van der Waals surface area contributed by atoms with E-state index in [1.54, 1.807) is 23.3 Å². The highest BCUT2D eigenvalue weighted by Crippen LogP contribution is 2.22. The van der Waals surface area contributed by atoms with Crippen molar-refractivity contribution in [2.75, 3.05) is 0 Å². The molecule has 6 heteroatoms. The maximum Gasteiger partial charge on any atom is 0.274 e. The zero-order valence-electron chi connectivity index (χ0n) is 16.8. The summed E-state index contributed by atoms with van der Waals surface area (Å²) in [6.07, 6.45) is 7.01. The molecule has 0 atom stereocenters. The lowest BCUT2D eigenvalue weighted by molar-refractivity contribution is 0.0684. The highest BCUT2D eigenvalue weighted by Gasteiger charge is 2.21. The molecule has 0 saturated carbocycles. The van der Waals surface area contributed by atoms with Gasteiger partial charge in [0.25, 0.3) is 5.91 Å². The number of hydrogen-bond acceptors (Lipinski definition) is 4. The van der Waals surface area contributed by atoms with Gasteiger partial charge in [-0.1, -0.05) is 18.2 Å². The summed E-state index contributed by atoms with van der Waals surface area (Å²) in [5.74, 6) is -0.0775. The third kappa shape index (κ3) is 4.01. The Bertz CT molecular complexity index is 1160. The molecule has 0 aliphatic rings. The Hall–Kier alpha value is -3.54. The van der Waals surface area contributed by atoms with Crippen molar-refractivity contribution in [3.63, 3.8) is 0 Å². The van der Waals surface area contributed by atoms with Crippen molar-refractivity contribution < 1.29 is 4.79 Å². The van der Waals surface area contributed by atoms with Crippen LogP contribution in [0, 0.1) is 0 Å². The molecule has 0 spiro atoms. The third-order valence-corrected chi connectivity index (χ3v) is 4.87. The van der Waals surface area contributed by atoms with Crippen LogP contribution < -0.4 is 0 Å². The molecular formula is C23H23N5O. The zero-order valence-corrected chi connectivity index (χ0v) is 16.8. The molecule has 3 aromatic heterocycles. The fourth-order valence-electron chi connectivity index (χ4n) is 3.30. The standard InChI is InChI=1S/C23H23N5O/c1-16(2)28(23(29)22-14-27(3)15-26-22)13-17-8-9-24-21(10-17)19-11-18-6-4-5-7-20(18)25-12-19/h4-12,14-16H,13H2,1-3H3. The molecular weight excluding hydrogens is 362 g/mol. The van der Waals surface area contributed by atoms with Crippen molar-refractivity contribution in [1.29, 1.82) is 0 Å². The summed E-state index contributed by atoms with van der Waals surface area (Å²) < 4.78 is 1.78. The van der Waals surface area contributed by atoms with Crippen molar-refractivity contribution in [3.8, 4) is 11.3 Å². The quantitative estimate of drug-likeness (QED) is 0.519. The molecule has 1 amide bonds. The number of hydrogen-bond donors (Lipinski definition) is 0. The van der Waals surface area contributed by atoms with E-state index in [0.717, 1.165) is 27.7 Å². The van der Waals surface area contributed by atoms with Crippen LogP contribution >= 0.6 is 0 Å². The summed E-state index contributed by atoms with van der Waals surface area (Å²) in [6, 6.07) is 14.1. The molecule has 0 fully saturated rings. The first kappa shape index (κ1) is 18.8. The number of carbonyl (C=O) groups excluding carboxylic acids is 1. The van der Waals surface area contributed by atoms with E-state index in [4.69, 9.17) is 0 Å². The molecule has 0 saturated heterocycles. The van der Waals surface area contributed by atoms with Crippen LogP contribution in [0.25, 0.3) is 22.2 Å². The van der Waals surface area contributed by atoms with Gasteiger partial charge in [-0.15, -0.1) is 0 Å². The van der Waals surface area contributed by atoms with Crippen molar-refractivity contribution in [3.05, 3.63) is 78.6 Å². The lowest BCUT2D eigenvalue weighted by Crippen LogP contribution is -2.36. The average Bonchev–Trinajstić information content (AvgIpc) is 3.17. The van der Waals surface area contributed by atoms with E-state index in [1.165, 1.54) is 0 Å². The summed E-state index contributed by atoms with van der Waals surface area (Å²) in [7, 11) is 1.86. The first-order chi connectivity index (χ1) is 14.0. The Morgan fingerprint density at radius 3 is 2.69 bits per heavy atom. The van der Waals surface area contributed by atoms with Gasteiger partial charge in [-0.25, -0.2) is 4.98 Å². The first-order valence-corrected chi connectivity index (χ1v) is 9.60. The Kier molecular flexibility index (Phi) is 5.08. The Morgan fingerprint density at radius 1 is 1.10 bits per heavy atom. The number of fused-ring (bicyclic) bond motifs is 1. The number of imidazole rings is 1. The Balaban J connectivity index is 1.62. The molecule has 0 N–H and O–H groups in total. The molecule has 29 heavy (non-hydrogen) atoms. The van der Waals surface area contributed by atoms with Crippen molar-refractivity contribution in [2.45, 2.75) is 26.4 Å². The minimum absolute atomic E-state index is 0.0449. The van der Waals surface area contributed by atoms with Crippen molar-refractivity contribution in [1.82, 2.24) is 24.4 Å². The van der Waals surface area contributed by atoms with Gasteiger partial charge in [-0.05, 0) is 43.7 Å². The molecule has 146 valence electrons. The fourth-order valence-corrected chi connectivity index (χ4v) is 3.30. The number of benzene rings is 1. The third-order valence-electron chi connectivity index (χ3n) is 4.87. The molecule has 3 heterocycles. The maximum absolute atomic E-state index is 12.9. The Morgan fingerprint density at radius 2 is 1.93 bits per heavy atom. The lowest BCUT2D eigenvalue weighted by Gasteiger charge is -2.26. The van der Waals surface area contributed by atoms with Gasteiger partial charge in [0.15, 0.2) is 0 Å². The van der Waals surface area contributed by atoms with Crippen LogP contribution in [-0.4, -0.2) is 36.4 Å². The molecule has 0 aliphatic carbocycles. The Labute approximate surface area is 169 Å². The molecule has 4 rings (SSSR count). The highest BCUT2D eigenvalue weighted by atomic mass is 16.2. The lowest BCUT2D eigenvalue weighted by atomic mass is 10.1. The van der Waals surface area contributed by atoms with Gasteiger partial charge < -0.3 is 9.47 Å². The summed E-state index contributed by atoms with van der Waals surface area (Å²) in [5, 5.41) is 1.08. The number of rotatable bonds is 5. The second kappa shape index (κ2) is 7.83. The molecule has 0 unspecified atom stereocenters. The van der Waals surface area contributed by atoms with E-state index in [9.17, 15) is 4.79 Å². The van der Waals surface area contributed by atoms with E-state index in [1.807, 2.05) is 68.4 Å². The second-order valence-electron chi connectivity index (χ2n) is 7.42. The fraction of sp³-hybridized carbons (Fsp3) is 0.217. The van der Waals surface area contributed by atoms with Gasteiger partial charge >= 0.3 is 0 Å². The number of para-hydroxylation sites is 1. The number of aryl methyl sites for hydroxylation is 1. The summed E-state index contributed by atoms with van der Waals surface area (Å²) in [4.78, 5) is 28.0. The molecule has 6 nitrogen and oxygen atoms in total. The van der Waals surface area contributed by atoms with Gasteiger partial charge in [-0.2, -0.15) is 0 Å². The largest absolute Gasteiger partial charge is 0.340 e. The normalized spacial score (nSPS) is 11.2. The molecule has 0 radical (unpaired) electrons. The number of carbonyl (C=O) groups is 1.